The van der Waals surface area contributed by atoms with Crippen molar-refractivity contribution in [3.63, 3.8) is 0 Å². The summed E-state index contributed by atoms with van der Waals surface area (Å²) in [5.41, 5.74) is 0. The molecule has 0 unspecified atom stereocenters. The van der Waals surface area contributed by atoms with Crippen LogP contribution < -0.4 is 4.74 Å². The Bertz CT molecular complexity index is 369. The van der Waals surface area contributed by atoms with Gasteiger partial charge in [0.2, 0.25) is 5.82 Å². The van der Waals surface area contributed by atoms with E-state index in [0.29, 0.717) is 10.4 Å². The SMILES string of the molecule is Fc1cc(Br)cc(OC/C=C/CCl)c1F. The van der Waals surface area contributed by atoms with E-state index in [0.717, 1.165) is 6.07 Å². The highest BCUT2D eigenvalue weighted by Crippen LogP contribution is 2.25. The summed E-state index contributed by atoms with van der Waals surface area (Å²) in [4.78, 5) is 0. The molecule has 82 valence electrons. The molecule has 1 aromatic carbocycles. The molecular weight excluding hydrogens is 289 g/mol. The highest BCUT2D eigenvalue weighted by molar-refractivity contribution is 9.10. The Morgan fingerprint density at radius 3 is 2.73 bits per heavy atom. The summed E-state index contributed by atoms with van der Waals surface area (Å²) in [5, 5.41) is 0. The monoisotopic (exact) mass is 296 g/mol. The zero-order valence-electron chi connectivity index (χ0n) is 7.64. The first-order valence-electron chi connectivity index (χ1n) is 4.13. The second-order valence-corrected chi connectivity index (χ2v) is 3.86. The summed E-state index contributed by atoms with van der Waals surface area (Å²) in [6, 6.07) is 2.41. The molecule has 0 saturated carbocycles. The molecule has 0 N–H and O–H groups in total. The number of ether oxygens (including phenoxy) is 1. The van der Waals surface area contributed by atoms with Crippen LogP contribution in [0.5, 0.6) is 5.75 Å². The molecular formula is C10H8BrClF2O. The number of allylic oxidation sites excluding steroid dienone is 1. The van der Waals surface area contributed by atoms with E-state index in [-0.39, 0.29) is 12.4 Å². The van der Waals surface area contributed by atoms with Gasteiger partial charge in [-0.05, 0) is 12.1 Å². The number of hydrogen-bond acceptors (Lipinski definition) is 1. The number of halogens is 4. The second kappa shape index (κ2) is 6.08. The maximum absolute atomic E-state index is 13.1. The van der Waals surface area contributed by atoms with E-state index in [1.165, 1.54) is 6.07 Å². The first-order valence-corrected chi connectivity index (χ1v) is 5.46. The lowest BCUT2D eigenvalue weighted by molar-refractivity contribution is 0.332. The van der Waals surface area contributed by atoms with Crippen LogP contribution >= 0.6 is 27.5 Å². The standard InChI is InChI=1S/C10H8BrClF2O/c11-7-5-8(13)10(14)9(6-7)15-4-2-1-3-12/h1-2,5-6H,3-4H2/b2-1+. The van der Waals surface area contributed by atoms with Gasteiger partial charge < -0.3 is 4.74 Å². The third-order valence-electron chi connectivity index (χ3n) is 1.55. The topological polar surface area (TPSA) is 9.23 Å². The fraction of sp³-hybridized carbons (Fsp3) is 0.200. The summed E-state index contributed by atoms with van der Waals surface area (Å²) in [7, 11) is 0. The normalized spacial score (nSPS) is 10.9. The van der Waals surface area contributed by atoms with Crippen molar-refractivity contribution in [1.29, 1.82) is 0 Å². The molecule has 5 heteroatoms. The lowest BCUT2D eigenvalue weighted by Crippen LogP contribution is -1.98. The van der Waals surface area contributed by atoms with Gasteiger partial charge in [0, 0.05) is 10.4 Å². The highest BCUT2D eigenvalue weighted by atomic mass is 79.9. The van der Waals surface area contributed by atoms with E-state index in [4.69, 9.17) is 16.3 Å². The van der Waals surface area contributed by atoms with E-state index in [9.17, 15) is 8.78 Å². The third-order valence-corrected chi connectivity index (χ3v) is 2.19. The zero-order chi connectivity index (χ0) is 11.3. The molecule has 0 amide bonds. The van der Waals surface area contributed by atoms with Crippen molar-refractivity contribution in [2.75, 3.05) is 12.5 Å². The van der Waals surface area contributed by atoms with Crippen molar-refractivity contribution in [2.45, 2.75) is 0 Å². The molecule has 0 aliphatic carbocycles. The first-order chi connectivity index (χ1) is 7.15. The fourth-order valence-electron chi connectivity index (χ4n) is 0.906. The maximum Gasteiger partial charge on any atom is 0.200 e. The largest absolute Gasteiger partial charge is 0.486 e. The second-order valence-electron chi connectivity index (χ2n) is 2.64. The van der Waals surface area contributed by atoms with Crippen LogP contribution in [-0.2, 0) is 0 Å². The van der Waals surface area contributed by atoms with Crippen molar-refractivity contribution in [1.82, 2.24) is 0 Å². The quantitative estimate of drug-likeness (QED) is 0.465. The zero-order valence-corrected chi connectivity index (χ0v) is 9.99. The molecule has 0 heterocycles. The minimum atomic E-state index is -0.988. The summed E-state index contributed by atoms with van der Waals surface area (Å²) < 4.78 is 31.4. The molecule has 0 spiro atoms. The fourth-order valence-corrected chi connectivity index (χ4v) is 1.44. The van der Waals surface area contributed by atoms with Crippen LogP contribution in [0.4, 0.5) is 8.78 Å². The summed E-state index contributed by atoms with van der Waals surface area (Å²) in [6.45, 7) is 0.152. The van der Waals surface area contributed by atoms with Crippen LogP contribution in [-0.4, -0.2) is 12.5 Å². The van der Waals surface area contributed by atoms with Crippen LogP contribution in [0.25, 0.3) is 0 Å². The first kappa shape index (κ1) is 12.5. The van der Waals surface area contributed by atoms with Gasteiger partial charge in [-0.3, -0.25) is 0 Å². The Kier molecular flexibility index (Phi) is 5.05. The van der Waals surface area contributed by atoms with Crippen LogP contribution in [0.15, 0.2) is 28.8 Å². The number of benzene rings is 1. The van der Waals surface area contributed by atoms with Crippen LogP contribution in [0.1, 0.15) is 0 Å². The van der Waals surface area contributed by atoms with Crippen LogP contribution in [0.3, 0.4) is 0 Å². The van der Waals surface area contributed by atoms with Gasteiger partial charge in [-0.1, -0.05) is 28.1 Å². The van der Waals surface area contributed by atoms with E-state index in [1.54, 1.807) is 12.2 Å². The molecule has 15 heavy (non-hydrogen) atoms. The molecule has 0 bridgehead atoms. The highest BCUT2D eigenvalue weighted by Gasteiger charge is 2.10. The molecule has 0 aromatic heterocycles. The molecule has 1 nitrogen and oxygen atoms in total. The van der Waals surface area contributed by atoms with Gasteiger partial charge in [0.25, 0.3) is 0 Å². The molecule has 1 rings (SSSR count). The lowest BCUT2D eigenvalue weighted by atomic mass is 10.3. The minimum Gasteiger partial charge on any atom is -0.486 e. The predicted octanol–water partition coefficient (Wildman–Crippen LogP) is 3.90. The Morgan fingerprint density at radius 2 is 2.07 bits per heavy atom. The summed E-state index contributed by atoms with van der Waals surface area (Å²) in [5.74, 6) is -1.70. The average Bonchev–Trinajstić information content (AvgIpc) is 2.19. The van der Waals surface area contributed by atoms with Crippen molar-refractivity contribution in [3.8, 4) is 5.75 Å². The molecule has 0 aliphatic rings. The van der Waals surface area contributed by atoms with Crippen LogP contribution in [0.2, 0.25) is 0 Å². The Morgan fingerprint density at radius 1 is 1.33 bits per heavy atom. The van der Waals surface area contributed by atoms with Gasteiger partial charge in [-0.2, -0.15) is 4.39 Å². The molecule has 0 fully saturated rings. The van der Waals surface area contributed by atoms with Gasteiger partial charge in [-0.15, -0.1) is 11.6 Å². The molecule has 1 aromatic rings. The molecule has 0 atom stereocenters. The van der Waals surface area contributed by atoms with Crippen molar-refractivity contribution < 1.29 is 13.5 Å². The van der Waals surface area contributed by atoms with E-state index in [1.807, 2.05) is 0 Å². The molecule has 0 radical (unpaired) electrons. The van der Waals surface area contributed by atoms with Gasteiger partial charge >= 0.3 is 0 Å². The van der Waals surface area contributed by atoms with E-state index in [2.05, 4.69) is 15.9 Å². The Hall–Kier alpha value is -0.610. The van der Waals surface area contributed by atoms with E-state index >= 15 is 0 Å². The lowest BCUT2D eigenvalue weighted by Gasteiger charge is -2.05. The predicted molar refractivity (Wildman–Crippen MR) is 59.4 cm³/mol. The van der Waals surface area contributed by atoms with Crippen LogP contribution in [0, 0.1) is 11.6 Å². The van der Waals surface area contributed by atoms with Crippen molar-refractivity contribution in [3.05, 3.63) is 40.4 Å². The smallest absolute Gasteiger partial charge is 0.200 e. The van der Waals surface area contributed by atoms with Crippen molar-refractivity contribution >= 4 is 27.5 Å². The van der Waals surface area contributed by atoms with Gasteiger partial charge in [0.15, 0.2) is 11.6 Å². The minimum absolute atomic E-state index is 0.124. The number of hydrogen-bond donors (Lipinski definition) is 0. The maximum atomic E-state index is 13.1. The molecule has 0 aliphatic heterocycles. The van der Waals surface area contributed by atoms with E-state index < -0.39 is 11.6 Å². The summed E-state index contributed by atoms with van der Waals surface area (Å²) in [6.07, 6.45) is 3.29. The van der Waals surface area contributed by atoms with Gasteiger partial charge in [-0.25, -0.2) is 4.39 Å². The third kappa shape index (κ3) is 3.80. The van der Waals surface area contributed by atoms with Gasteiger partial charge in [0.05, 0.1) is 0 Å². The van der Waals surface area contributed by atoms with Gasteiger partial charge in [0.1, 0.15) is 6.61 Å². The Labute approximate surface area is 99.8 Å². The average molecular weight is 298 g/mol. The molecule has 0 saturated heterocycles. The number of rotatable bonds is 4. The number of alkyl halides is 1. The Balaban J connectivity index is 2.72. The van der Waals surface area contributed by atoms with Crippen molar-refractivity contribution in [2.24, 2.45) is 0 Å². The summed E-state index contributed by atoms with van der Waals surface area (Å²) >= 11 is 8.43.